The Labute approximate surface area is 113 Å². The van der Waals surface area contributed by atoms with Gasteiger partial charge in [0.15, 0.2) is 0 Å². The van der Waals surface area contributed by atoms with Crippen molar-refractivity contribution in [1.82, 2.24) is 5.32 Å². The minimum Gasteiger partial charge on any atom is -0.394 e. The summed E-state index contributed by atoms with van der Waals surface area (Å²) in [5, 5.41) is 31.0. The summed E-state index contributed by atoms with van der Waals surface area (Å²) in [6.07, 6.45) is 0. The van der Waals surface area contributed by atoms with Crippen LogP contribution in [0.5, 0.6) is 0 Å². The number of aliphatic hydroxyl groups excluding tert-OH is 3. The van der Waals surface area contributed by atoms with Gasteiger partial charge in [-0.05, 0) is 23.8 Å². The van der Waals surface area contributed by atoms with Crippen molar-refractivity contribution >= 4 is 27.5 Å². The lowest BCUT2D eigenvalue weighted by Gasteiger charge is -2.29. The van der Waals surface area contributed by atoms with Crippen LogP contribution >= 0.6 is 27.5 Å². The number of benzene rings is 1. The Kier molecular flexibility index (Phi) is 5.85. The first kappa shape index (κ1) is 14.9. The molecular weight excluding hydrogens is 309 g/mol. The van der Waals surface area contributed by atoms with E-state index in [4.69, 9.17) is 26.9 Å². The summed E-state index contributed by atoms with van der Waals surface area (Å²) < 4.78 is 0.872. The van der Waals surface area contributed by atoms with Crippen molar-refractivity contribution in [2.45, 2.75) is 12.1 Å². The molecule has 0 saturated heterocycles. The van der Waals surface area contributed by atoms with E-state index < -0.39 is 5.54 Å². The fraction of sp³-hybridized carbons (Fsp3) is 0.455. The maximum atomic E-state index is 9.16. The highest BCUT2D eigenvalue weighted by Crippen LogP contribution is 2.21. The molecule has 0 spiro atoms. The highest BCUT2D eigenvalue weighted by molar-refractivity contribution is 9.10. The monoisotopic (exact) mass is 323 g/mol. The Bertz CT molecular complexity index is 363. The summed E-state index contributed by atoms with van der Waals surface area (Å²) in [4.78, 5) is 0. The van der Waals surface area contributed by atoms with Crippen molar-refractivity contribution in [3.8, 4) is 0 Å². The molecule has 4 nitrogen and oxygen atoms in total. The van der Waals surface area contributed by atoms with E-state index >= 15 is 0 Å². The average molecular weight is 325 g/mol. The second-order valence-electron chi connectivity index (χ2n) is 3.84. The van der Waals surface area contributed by atoms with Gasteiger partial charge in [-0.1, -0.05) is 27.5 Å². The normalized spacial score (nSPS) is 11.8. The standard InChI is InChI=1S/C11H15BrClNO3/c12-10-2-1-9(13)3-8(10)4-14-11(5-15,6-16)7-17/h1-3,14-17H,4-7H2. The lowest BCUT2D eigenvalue weighted by molar-refractivity contribution is 0.0413. The van der Waals surface area contributed by atoms with Gasteiger partial charge in [0.2, 0.25) is 0 Å². The van der Waals surface area contributed by atoms with Crippen LogP contribution in [0.25, 0.3) is 0 Å². The predicted molar refractivity (Wildman–Crippen MR) is 70.0 cm³/mol. The molecule has 0 fully saturated rings. The van der Waals surface area contributed by atoms with Gasteiger partial charge in [-0.2, -0.15) is 0 Å². The van der Waals surface area contributed by atoms with Gasteiger partial charge in [-0.15, -0.1) is 0 Å². The first-order valence-corrected chi connectivity index (χ1v) is 6.25. The second-order valence-corrected chi connectivity index (χ2v) is 5.13. The van der Waals surface area contributed by atoms with Crippen molar-refractivity contribution in [3.63, 3.8) is 0 Å². The van der Waals surface area contributed by atoms with E-state index in [2.05, 4.69) is 21.2 Å². The molecule has 0 aliphatic heterocycles. The van der Waals surface area contributed by atoms with Gasteiger partial charge >= 0.3 is 0 Å². The molecule has 4 N–H and O–H groups in total. The quantitative estimate of drug-likeness (QED) is 0.628. The summed E-state index contributed by atoms with van der Waals surface area (Å²) in [7, 11) is 0. The summed E-state index contributed by atoms with van der Waals surface area (Å²) in [6, 6.07) is 5.35. The zero-order chi connectivity index (χ0) is 12.9. The molecule has 1 aromatic rings. The van der Waals surface area contributed by atoms with Crippen LogP contribution in [-0.2, 0) is 6.54 Å². The molecular formula is C11H15BrClNO3. The zero-order valence-electron chi connectivity index (χ0n) is 9.16. The first-order chi connectivity index (χ1) is 8.06. The van der Waals surface area contributed by atoms with Crippen LogP contribution in [0.3, 0.4) is 0 Å². The molecule has 0 aliphatic carbocycles. The molecule has 0 unspecified atom stereocenters. The summed E-state index contributed by atoms with van der Waals surface area (Å²) >= 11 is 9.25. The number of hydrogen-bond acceptors (Lipinski definition) is 4. The lowest BCUT2D eigenvalue weighted by atomic mass is 10.0. The predicted octanol–water partition coefficient (Wildman–Crippen LogP) is 0.908. The minimum atomic E-state index is -1.08. The van der Waals surface area contributed by atoms with E-state index in [0.29, 0.717) is 11.6 Å². The highest BCUT2D eigenvalue weighted by Gasteiger charge is 2.27. The van der Waals surface area contributed by atoms with Crippen LogP contribution in [0.15, 0.2) is 22.7 Å². The van der Waals surface area contributed by atoms with Gasteiger partial charge in [0.05, 0.1) is 25.4 Å². The van der Waals surface area contributed by atoms with Crippen LogP contribution in [0.1, 0.15) is 5.56 Å². The number of hydrogen-bond donors (Lipinski definition) is 4. The Morgan fingerprint density at radius 2 is 1.76 bits per heavy atom. The number of halogens is 2. The van der Waals surface area contributed by atoms with Crippen molar-refractivity contribution in [1.29, 1.82) is 0 Å². The van der Waals surface area contributed by atoms with E-state index in [-0.39, 0.29) is 19.8 Å². The van der Waals surface area contributed by atoms with Crippen LogP contribution in [0.2, 0.25) is 5.02 Å². The van der Waals surface area contributed by atoms with Gasteiger partial charge in [0, 0.05) is 16.0 Å². The molecule has 17 heavy (non-hydrogen) atoms. The topological polar surface area (TPSA) is 72.7 Å². The maximum absolute atomic E-state index is 9.16. The van der Waals surface area contributed by atoms with Crippen molar-refractivity contribution < 1.29 is 15.3 Å². The summed E-state index contributed by atoms with van der Waals surface area (Å²) in [6.45, 7) is -0.669. The van der Waals surface area contributed by atoms with Crippen molar-refractivity contribution in [3.05, 3.63) is 33.3 Å². The maximum Gasteiger partial charge on any atom is 0.0884 e. The smallest absolute Gasteiger partial charge is 0.0884 e. The number of nitrogens with one attached hydrogen (secondary N) is 1. The SMILES string of the molecule is OCC(CO)(CO)NCc1cc(Cl)ccc1Br. The summed E-state index contributed by atoms with van der Waals surface area (Å²) in [5.74, 6) is 0. The molecule has 6 heteroatoms. The van der Waals surface area contributed by atoms with E-state index in [9.17, 15) is 0 Å². The molecule has 1 aromatic carbocycles. The zero-order valence-corrected chi connectivity index (χ0v) is 11.5. The van der Waals surface area contributed by atoms with Crippen LogP contribution in [0, 0.1) is 0 Å². The van der Waals surface area contributed by atoms with Crippen LogP contribution in [0.4, 0.5) is 0 Å². The Balaban J connectivity index is 2.75. The first-order valence-electron chi connectivity index (χ1n) is 5.08. The van der Waals surface area contributed by atoms with Gasteiger partial charge in [0.1, 0.15) is 0 Å². The molecule has 0 aliphatic rings. The molecule has 0 heterocycles. The highest BCUT2D eigenvalue weighted by atomic mass is 79.9. The molecule has 1 rings (SSSR count). The number of aliphatic hydroxyl groups is 3. The molecule has 0 radical (unpaired) electrons. The van der Waals surface area contributed by atoms with Gasteiger partial charge in [-0.25, -0.2) is 0 Å². The van der Waals surface area contributed by atoms with Gasteiger partial charge in [0.25, 0.3) is 0 Å². The molecule has 96 valence electrons. The lowest BCUT2D eigenvalue weighted by Crippen LogP contribution is -2.54. The van der Waals surface area contributed by atoms with Crippen LogP contribution < -0.4 is 5.32 Å². The van der Waals surface area contributed by atoms with Crippen molar-refractivity contribution in [2.24, 2.45) is 0 Å². The fourth-order valence-corrected chi connectivity index (χ4v) is 1.86. The molecule has 0 amide bonds. The summed E-state index contributed by atoms with van der Waals surface area (Å²) in [5.41, 5.74) is -0.195. The van der Waals surface area contributed by atoms with E-state index in [1.807, 2.05) is 6.07 Å². The Hall–Kier alpha value is -0.170. The average Bonchev–Trinajstić information content (AvgIpc) is 2.35. The molecule has 0 aromatic heterocycles. The van der Waals surface area contributed by atoms with E-state index in [0.717, 1.165) is 10.0 Å². The van der Waals surface area contributed by atoms with Gasteiger partial charge in [-0.3, -0.25) is 0 Å². The van der Waals surface area contributed by atoms with Gasteiger partial charge < -0.3 is 20.6 Å². The Morgan fingerprint density at radius 3 is 2.29 bits per heavy atom. The van der Waals surface area contributed by atoms with Crippen LogP contribution in [-0.4, -0.2) is 40.7 Å². The fourth-order valence-electron chi connectivity index (χ4n) is 1.28. The van der Waals surface area contributed by atoms with Crippen molar-refractivity contribution in [2.75, 3.05) is 19.8 Å². The number of rotatable bonds is 6. The molecule has 0 bridgehead atoms. The third-order valence-electron chi connectivity index (χ3n) is 2.57. The third kappa shape index (κ3) is 3.91. The molecule has 0 atom stereocenters. The largest absolute Gasteiger partial charge is 0.394 e. The van der Waals surface area contributed by atoms with E-state index in [1.165, 1.54) is 0 Å². The molecule has 0 saturated carbocycles. The third-order valence-corrected chi connectivity index (χ3v) is 3.58. The minimum absolute atomic E-state index is 0.349. The Morgan fingerprint density at radius 1 is 1.18 bits per heavy atom. The second kappa shape index (κ2) is 6.68. The van der Waals surface area contributed by atoms with E-state index in [1.54, 1.807) is 12.1 Å².